The van der Waals surface area contributed by atoms with Crippen molar-refractivity contribution in [3.8, 4) is 0 Å². The number of aromatic nitrogens is 1. The zero-order valence-corrected chi connectivity index (χ0v) is 11.8. The van der Waals surface area contributed by atoms with Crippen LogP contribution in [0.4, 0.5) is 5.69 Å². The second-order valence-corrected chi connectivity index (χ2v) is 5.09. The fraction of sp³-hybridized carbons (Fsp3) is 0.571. The van der Waals surface area contributed by atoms with Gasteiger partial charge in [0.1, 0.15) is 5.56 Å². The molecule has 2 atom stereocenters. The van der Waals surface area contributed by atoms with Crippen molar-refractivity contribution < 1.29 is 14.6 Å². The molecule has 2 rings (SSSR count). The molecule has 104 valence electrons. The summed E-state index contributed by atoms with van der Waals surface area (Å²) < 4.78 is 5.56. The Labute approximate surface area is 113 Å². The van der Waals surface area contributed by atoms with Crippen LogP contribution in [0, 0.1) is 13.8 Å². The maximum atomic E-state index is 11.5. The molecule has 0 radical (unpaired) electrons. The molecule has 1 aliphatic rings. The summed E-state index contributed by atoms with van der Waals surface area (Å²) in [4.78, 5) is 17.7. The molecule has 5 heteroatoms. The van der Waals surface area contributed by atoms with E-state index in [0.717, 1.165) is 24.4 Å². The van der Waals surface area contributed by atoms with Gasteiger partial charge in [-0.15, -0.1) is 0 Å². The molecule has 0 saturated carbocycles. The van der Waals surface area contributed by atoms with E-state index in [2.05, 4.69) is 4.98 Å². The van der Waals surface area contributed by atoms with E-state index >= 15 is 0 Å². The molecule has 1 saturated heterocycles. The number of anilines is 1. The Morgan fingerprint density at radius 1 is 1.53 bits per heavy atom. The van der Waals surface area contributed by atoms with Gasteiger partial charge >= 0.3 is 5.97 Å². The van der Waals surface area contributed by atoms with Crippen LogP contribution < -0.4 is 4.90 Å². The summed E-state index contributed by atoms with van der Waals surface area (Å²) in [6.45, 7) is 6.37. The molecule has 0 aromatic carbocycles. The molecular weight excluding hydrogens is 244 g/mol. The van der Waals surface area contributed by atoms with Crippen molar-refractivity contribution >= 4 is 11.7 Å². The first-order valence-corrected chi connectivity index (χ1v) is 6.47. The maximum absolute atomic E-state index is 11.5. The zero-order chi connectivity index (χ0) is 14.2. The number of nitrogens with zero attached hydrogens (tertiary/aromatic N) is 2. The van der Waals surface area contributed by atoms with Gasteiger partial charge in [-0.05, 0) is 33.3 Å². The molecule has 5 nitrogen and oxygen atoms in total. The highest BCUT2D eigenvalue weighted by molar-refractivity contribution is 5.95. The maximum Gasteiger partial charge on any atom is 0.339 e. The van der Waals surface area contributed by atoms with Gasteiger partial charge in [-0.1, -0.05) is 0 Å². The van der Waals surface area contributed by atoms with Crippen molar-refractivity contribution in [2.24, 2.45) is 0 Å². The van der Waals surface area contributed by atoms with Crippen LogP contribution in [0.2, 0.25) is 0 Å². The lowest BCUT2D eigenvalue weighted by Gasteiger charge is -2.30. The molecule has 1 fully saturated rings. The number of pyridine rings is 1. The van der Waals surface area contributed by atoms with Crippen LogP contribution >= 0.6 is 0 Å². The molecule has 19 heavy (non-hydrogen) atoms. The molecule has 1 aromatic heterocycles. The largest absolute Gasteiger partial charge is 0.478 e. The molecule has 2 unspecified atom stereocenters. The molecule has 0 aliphatic carbocycles. The van der Waals surface area contributed by atoms with Crippen LogP contribution in [0.15, 0.2) is 6.07 Å². The van der Waals surface area contributed by atoms with Gasteiger partial charge in [0.25, 0.3) is 0 Å². The van der Waals surface area contributed by atoms with Gasteiger partial charge in [0, 0.05) is 19.3 Å². The third-order valence-corrected chi connectivity index (χ3v) is 3.74. The lowest BCUT2D eigenvalue weighted by molar-refractivity contribution is 0.0695. The summed E-state index contributed by atoms with van der Waals surface area (Å²) in [6.07, 6.45) is 1.03. The number of carboxylic acid groups (broad SMARTS) is 1. The monoisotopic (exact) mass is 264 g/mol. The van der Waals surface area contributed by atoms with Crippen LogP contribution in [-0.4, -0.2) is 41.9 Å². The fourth-order valence-electron chi connectivity index (χ4n) is 2.76. The van der Waals surface area contributed by atoms with Gasteiger partial charge in [-0.2, -0.15) is 0 Å². The molecule has 0 spiro atoms. The number of hydrogen-bond acceptors (Lipinski definition) is 4. The van der Waals surface area contributed by atoms with Crippen LogP contribution in [-0.2, 0) is 4.74 Å². The van der Waals surface area contributed by atoms with Crippen molar-refractivity contribution in [3.63, 3.8) is 0 Å². The fourth-order valence-corrected chi connectivity index (χ4v) is 2.76. The average Bonchev–Trinajstić information content (AvgIpc) is 2.72. The summed E-state index contributed by atoms with van der Waals surface area (Å²) in [5.74, 6) is -0.932. The highest BCUT2D eigenvalue weighted by atomic mass is 16.5. The van der Waals surface area contributed by atoms with E-state index in [1.54, 1.807) is 6.92 Å². The van der Waals surface area contributed by atoms with E-state index in [1.165, 1.54) is 0 Å². The summed E-state index contributed by atoms with van der Waals surface area (Å²) in [5.41, 5.74) is 2.39. The normalized spacial score (nSPS) is 22.5. The smallest absolute Gasteiger partial charge is 0.339 e. The Bertz CT molecular complexity index is 502. The summed E-state index contributed by atoms with van der Waals surface area (Å²) >= 11 is 0. The predicted octanol–water partition coefficient (Wildman–Crippen LogP) is 2.01. The van der Waals surface area contributed by atoms with E-state index in [9.17, 15) is 9.90 Å². The van der Waals surface area contributed by atoms with Crippen molar-refractivity contribution in [1.82, 2.24) is 4.98 Å². The summed E-state index contributed by atoms with van der Waals surface area (Å²) in [7, 11) is 1.93. The highest BCUT2D eigenvalue weighted by Gasteiger charge is 2.30. The van der Waals surface area contributed by atoms with Gasteiger partial charge in [0.05, 0.1) is 23.5 Å². The van der Waals surface area contributed by atoms with Crippen molar-refractivity contribution in [2.75, 3.05) is 18.6 Å². The van der Waals surface area contributed by atoms with Crippen LogP contribution in [0.1, 0.15) is 35.1 Å². The summed E-state index contributed by atoms with van der Waals surface area (Å²) in [6, 6.07) is 2.04. The van der Waals surface area contributed by atoms with E-state index in [1.807, 2.05) is 31.9 Å². The summed E-state index contributed by atoms with van der Waals surface area (Å²) in [5, 5.41) is 9.40. The minimum absolute atomic E-state index is 0.112. The SMILES string of the molecule is Cc1cc(N(C)C2CCOC2C)c(C(=O)O)c(C)n1. The first-order chi connectivity index (χ1) is 8.91. The molecular formula is C14H20N2O3. The van der Waals surface area contributed by atoms with E-state index in [-0.39, 0.29) is 17.7 Å². The number of rotatable bonds is 3. The highest BCUT2D eigenvalue weighted by Crippen LogP contribution is 2.29. The zero-order valence-electron chi connectivity index (χ0n) is 11.8. The van der Waals surface area contributed by atoms with Gasteiger partial charge in [-0.25, -0.2) is 4.79 Å². The van der Waals surface area contributed by atoms with E-state index in [0.29, 0.717) is 5.69 Å². The molecule has 1 aliphatic heterocycles. The van der Waals surface area contributed by atoms with Crippen molar-refractivity contribution in [1.29, 1.82) is 0 Å². The van der Waals surface area contributed by atoms with Gasteiger partial charge in [0.15, 0.2) is 0 Å². The molecule has 0 amide bonds. The van der Waals surface area contributed by atoms with Crippen LogP contribution in [0.25, 0.3) is 0 Å². The third-order valence-electron chi connectivity index (χ3n) is 3.74. The standard InChI is InChI=1S/C14H20N2O3/c1-8-7-12(13(14(17)18)9(2)15-8)16(4)11-5-6-19-10(11)3/h7,10-11H,5-6H2,1-4H3,(H,17,18). The number of ether oxygens (including phenoxy) is 1. The van der Waals surface area contributed by atoms with E-state index in [4.69, 9.17) is 4.74 Å². The number of hydrogen-bond donors (Lipinski definition) is 1. The Morgan fingerprint density at radius 2 is 2.21 bits per heavy atom. The van der Waals surface area contributed by atoms with Gasteiger partial charge < -0.3 is 14.7 Å². The minimum Gasteiger partial charge on any atom is -0.478 e. The quantitative estimate of drug-likeness (QED) is 0.904. The number of aromatic carboxylic acids is 1. The number of carboxylic acids is 1. The van der Waals surface area contributed by atoms with Gasteiger partial charge in [0.2, 0.25) is 0 Å². The number of carbonyl (C=O) groups is 1. The number of aryl methyl sites for hydroxylation is 2. The first kappa shape index (κ1) is 13.8. The molecule has 0 bridgehead atoms. The molecule has 1 aromatic rings. The third kappa shape index (κ3) is 2.56. The lowest BCUT2D eigenvalue weighted by Crippen LogP contribution is -2.37. The predicted molar refractivity (Wildman–Crippen MR) is 72.9 cm³/mol. The van der Waals surface area contributed by atoms with Crippen molar-refractivity contribution in [3.05, 3.63) is 23.0 Å². The topological polar surface area (TPSA) is 62.7 Å². The Morgan fingerprint density at radius 3 is 2.74 bits per heavy atom. The second-order valence-electron chi connectivity index (χ2n) is 5.09. The van der Waals surface area contributed by atoms with Crippen molar-refractivity contribution in [2.45, 2.75) is 39.3 Å². The lowest BCUT2D eigenvalue weighted by atomic mass is 10.1. The van der Waals surface area contributed by atoms with E-state index < -0.39 is 5.97 Å². The average molecular weight is 264 g/mol. The first-order valence-electron chi connectivity index (χ1n) is 6.47. The number of likely N-dealkylation sites (N-methyl/N-ethyl adjacent to an activating group) is 1. The van der Waals surface area contributed by atoms with Crippen LogP contribution in [0.5, 0.6) is 0 Å². The Kier molecular flexibility index (Phi) is 3.75. The minimum atomic E-state index is -0.932. The van der Waals surface area contributed by atoms with Crippen LogP contribution in [0.3, 0.4) is 0 Å². The molecule has 1 N–H and O–H groups in total. The molecule has 2 heterocycles. The Balaban J connectivity index is 2.45. The Hall–Kier alpha value is -1.62. The van der Waals surface area contributed by atoms with Gasteiger partial charge in [-0.3, -0.25) is 4.98 Å². The second kappa shape index (κ2) is 5.17.